The molecule has 0 aromatic rings. The Hall–Kier alpha value is -0.0800. The molecule has 0 saturated heterocycles. The van der Waals surface area contributed by atoms with Gasteiger partial charge in [-0.3, -0.25) is 0 Å². The summed E-state index contributed by atoms with van der Waals surface area (Å²) in [7, 11) is 4.36. The van der Waals surface area contributed by atoms with Crippen molar-refractivity contribution in [3.63, 3.8) is 0 Å². The zero-order valence-electron chi connectivity index (χ0n) is 11.8. The maximum Gasteiger partial charge on any atom is 0.00498 e. The average Bonchev–Trinajstić information content (AvgIpc) is 2.23. The lowest BCUT2D eigenvalue weighted by atomic mass is 9.70. The molecule has 1 N–H and O–H groups in total. The third-order valence-corrected chi connectivity index (χ3v) is 4.35. The smallest absolute Gasteiger partial charge is 0.00498 e. The largest absolute Gasteiger partial charge is 0.319 e. The van der Waals surface area contributed by atoms with Gasteiger partial charge in [-0.2, -0.15) is 0 Å². The third-order valence-electron chi connectivity index (χ3n) is 4.35. The van der Waals surface area contributed by atoms with Gasteiger partial charge in [-0.05, 0) is 52.1 Å². The summed E-state index contributed by atoms with van der Waals surface area (Å²) in [6, 6.07) is 0.660. The van der Waals surface area contributed by atoms with Gasteiger partial charge in [-0.1, -0.05) is 19.8 Å². The van der Waals surface area contributed by atoms with Crippen molar-refractivity contribution in [1.82, 2.24) is 10.2 Å². The summed E-state index contributed by atoms with van der Waals surface area (Å²) >= 11 is 0. The summed E-state index contributed by atoms with van der Waals surface area (Å²) < 4.78 is 0. The van der Waals surface area contributed by atoms with Crippen molar-refractivity contribution in [3.8, 4) is 0 Å². The van der Waals surface area contributed by atoms with E-state index in [1.807, 2.05) is 0 Å². The summed E-state index contributed by atoms with van der Waals surface area (Å²) in [6.07, 6.45) is 5.61. The van der Waals surface area contributed by atoms with E-state index < -0.39 is 0 Å². The molecule has 0 aliphatic heterocycles. The molecule has 2 heteroatoms. The molecule has 0 bridgehead atoms. The summed E-state index contributed by atoms with van der Waals surface area (Å²) in [5.74, 6) is 0.939. The highest BCUT2D eigenvalue weighted by Gasteiger charge is 2.34. The van der Waals surface area contributed by atoms with Gasteiger partial charge in [0.1, 0.15) is 0 Å². The summed E-state index contributed by atoms with van der Waals surface area (Å²) in [5, 5.41) is 3.41. The van der Waals surface area contributed by atoms with E-state index >= 15 is 0 Å². The van der Waals surface area contributed by atoms with Gasteiger partial charge in [0.15, 0.2) is 0 Å². The Labute approximate surface area is 102 Å². The van der Waals surface area contributed by atoms with Gasteiger partial charge in [-0.15, -0.1) is 0 Å². The first-order valence-electron chi connectivity index (χ1n) is 6.84. The van der Waals surface area contributed by atoms with E-state index in [1.165, 1.54) is 38.8 Å². The van der Waals surface area contributed by atoms with Gasteiger partial charge >= 0.3 is 0 Å². The fourth-order valence-corrected chi connectivity index (χ4v) is 2.85. The zero-order chi connectivity index (χ0) is 12.2. The van der Waals surface area contributed by atoms with Crippen LogP contribution in [0, 0.1) is 11.3 Å². The molecule has 1 fully saturated rings. The summed E-state index contributed by atoms with van der Waals surface area (Å²) in [4.78, 5) is 2.51. The van der Waals surface area contributed by atoms with Crippen molar-refractivity contribution in [1.29, 1.82) is 0 Å². The second kappa shape index (κ2) is 6.02. The van der Waals surface area contributed by atoms with Crippen LogP contribution in [0.25, 0.3) is 0 Å². The Morgan fingerprint density at radius 2 is 1.88 bits per heavy atom. The third kappa shape index (κ3) is 3.74. The molecular weight excluding hydrogens is 196 g/mol. The number of hydrogen-bond donors (Lipinski definition) is 1. The van der Waals surface area contributed by atoms with E-state index in [9.17, 15) is 0 Å². The molecule has 1 rings (SSSR count). The fourth-order valence-electron chi connectivity index (χ4n) is 2.85. The Morgan fingerprint density at radius 3 is 2.31 bits per heavy atom. The van der Waals surface area contributed by atoms with Gasteiger partial charge in [0.05, 0.1) is 0 Å². The van der Waals surface area contributed by atoms with E-state index in [1.54, 1.807) is 0 Å². The maximum absolute atomic E-state index is 3.41. The SMILES string of the molecule is CNCC1(CN(C)C(C)C)CCC(C)CC1. The molecule has 0 amide bonds. The molecular formula is C14H30N2. The highest BCUT2D eigenvalue weighted by Crippen LogP contribution is 2.39. The van der Waals surface area contributed by atoms with Crippen molar-refractivity contribution >= 4 is 0 Å². The highest BCUT2D eigenvalue weighted by molar-refractivity contribution is 4.89. The van der Waals surface area contributed by atoms with Gasteiger partial charge in [0.2, 0.25) is 0 Å². The van der Waals surface area contributed by atoms with Crippen LogP contribution in [0.3, 0.4) is 0 Å². The van der Waals surface area contributed by atoms with Gasteiger partial charge in [0.25, 0.3) is 0 Å². The lowest BCUT2D eigenvalue weighted by Gasteiger charge is -2.43. The minimum absolute atomic E-state index is 0.528. The molecule has 1 aliphatic rings. The topological polar surface area (TPSA) is 15.3 Å². The average molecular weight is 226 g/mol. The van der Waals surface area contributed by atoms with E-state index in [4.69, 9.17) is 0 Å². The highest BCUT2D eigenvalue weighted by atomic mass is 15.1. The van der Waals surface area contributed by atoms with Crippen molar-refractivity contribution in [2.45, 2.75) is 52.5 Å². The van der Waals surface area contributed by atoms with Crippen molar-refractivity contribution in [3.05, 3.63) is 0 Å². The Morgan fingerprint density at radius 1 is 1.31 bits per heavy atom. The number of rotatable bonds is 5. The standard InChI is InChI=1S/C14H30N2/c1-12(2)16(5)11-14(10-15-4)8-6-13(3)7-9-14/h12-13,15H,6-11H2,1-5H3. The minimum Gasteiger partial charge on any atom is -0.319 e. The molecule has 0 spiro atoms. The number of nitrogens with zero attached hydrogens (tertiary/aromatic N) is 1. The molecule has 0 unspecified atom stereocenters. The Bertz CT molecular complexity index is 193. The van der Waals surface area contributed by atoms with E-state index in [0.29, 0.717) is 11.5 Å². The first-order valence-corrected chi connectivity index (χ1v) is 6.84. The van der Waals surface area contributed by atoms with Crippen LogP contribution in [-0.2, 0) is 0 Å². The lowest BCUT2D eigenvalue weighted by Crippen LogP contribution is -2.46. The second-order valence-electron chi connectivity index (χ2n) is 6.22. The van der Waals surface area contributed by atoms with Crippen LogP contribution in [-0.4, -0.2) is 38.1 Å². The fraction of sp³-hybridized carbons (Fsp3) is 1.00. The maximum atomic E-state index is 3.41. The second-order valence-corrected chi connectivity index (χ2v) is 6.22. The predicted molar refractivity (Wildman–Crippen MR) is 71.8 cm³/mol. The number of nitrogens with one attached hydrogen (secondary N) is 1. The molecule has 16 heavy (non-hydrogen) atoms. The van der Waals surface area contributed by atoms with Crippen LogP contribution in [0.5, 0.6) is 0 Å². The van der Waals surface area contributed by atoms with Crippen LogP contribution >= 0.6 is 0 Å². The van der Waals surface area contributed by atoms with Crippen LogP contribution in [0.15, 0.2) is 0 Å². The first kappa shape index (κ1) is 14.0. The normalized spacial score (nSPS) is 31.3. The lowest BCUT2D eigenvalue weighted by molar-refractivity contribution is 0.0875. The molecule has 0 aromatic carbocycles. The summed E-state index contributed by atoms with van der Waals surface area (Å²) in [5.41, 5.74) is 0.528. The number of hydrogen-bond acceptors (Lipinski definition) is 2. The molecule has 0 atom stereocenters. The zero-order valence-corrected chi connectivity index (χ0v) is 11.8. The van der Waals surface area contributed by atoms with Crippen LogP contribution in [0.4, 0.5) is 0 Å². The molecule has 0 radical (unpaired) electrons. The first-order chi connectivity index (χ1) is 7.49. The van der Waals surface area contributed by atoms with Crippen molar-refractivity contribution in [2.75, 3.05) is 27.2 Å². The molecule has 1 aliphatic carbocycles. The molecule has 96 valence electrons. The van der Waals surface area contributed by atoms with E-state index in [2.05, 4.69) is 45.1 Å². The monoisotopic (exact) mass is 226 g/mol. The minimum atomic E-state index is 0.528. The van der Waals surface area contributed by atoms with E-state index in [0.717, 1.165) is 5.92 Å². The van der Waals surface area contributed by atoms with Gasteiger partial charge in [-0.25, -0.2) is 0 Å². The van der Waals surface area contributed by atoms with Crippen molar-refractivity contribution in [2.24, 2.45) is 11.3 Å². The predicted octanol–water partition coefficient (Wildman–Crippen LogP) is 2.74. The van der Waals surface area contributed by atoms with Gasteiger partial charge < -0.3 is 10.2 Å². The van der Waals surface area contributed by atoms with E-state index in [-0.39, 0.29) is 0 Å². The molecule has 0 heterocycles. The quantitative estimate of drug-likeness (QED) is 0.775. The van der Waals surface area contributed by atoms with Gasteiger partial charge in [0, 0.05) is 19.1 Å². The van der Waals surface area contributed by atoms with Crippen LogP contribution in [0.2, 0.25) is 0 Å². The molecule has 1 saturated carbocycles. The van der Waals surface area contributed by atoms with Crippen LogP contribution in [0.1, 0.15) is 46.5 Å². The molecule has 2 nitrogen and oxygen atoms in total. The van der Waals surface area contributed by atoms with Crippen molar-refractivity contribution < 1.29 is 0 Å². The summed E-state index contributed by atoms with van der Waals surface area (Å²) in [6.45, 7) is 9.40. The molecule has 0 aromatic heterocycles. The Balaban J connectivity index is 2.58. The van der Waals surface area contributed by atoms with Crippen LogP contribution < -0.4 is 5.32 Å². The Kier molecular flexibility index (Phi) is 5.26.